The molecular weight excluding hydrogens is 326 g/mol. The number of amides is 3. The van der Waals surface area contributed by atoms with Crippen molar-refractivity contribution in [1.29, 1.82) is 0 Å². The van der Waals surface area contributed by atoms with E-state index in [1.54, 1.807) is 19.2 Å². The number of nitrogens with one attached hydrogen (secondary N) is 2. The quantitative estimate of drug-likeness (QED) is 0.900. The highest BCUT2D eigenvalue weighted by molar-refractivity contribution is 6.30. The molecule has 0 radical (unpaired) electrons. The maximum absolute atomic E-state index is 12.7. The van der Waals surface area contributed by atoms with Crippen LogP contribution < -0.4 is 15.5 Å². The number of likely N-dealkylation sites (N-methyl/N-ethyl adjacent to an activating group) is 1. The fourth-order valence-electron chi connectivity index (χ4n) is 2.88. The maximum atomic E-state index is 12.7. The zero-order valence-corrected chi connectivity index (χ0v) is 14.0. The highest BCUT2D eigenvalue weighted by Crippen LogP contribution is 2.32. The van der Waals surface area contributed by atoms with Gasteiger partial charge in [0.2, 0.25) is 5.91 Å². The fraction of sp³-hybridized carbons (Fsp3) is 0.222. The van der Waals surface area contributed by atoms with Crippen LogP contribution in [0.4, 0.5) is 10.5 Å². The van der Waals surface area contributed by atoms with Gasteiger partial charge in [-0.05, 0) is 29.3 Å². The number of benzene rings is 2. The molecule has 0 bridgehead atoms. The van der Waals surface area contributed by atoms with Crippen molar-refractivity contribution in [2.45, 2.75) is 19.0 Å². The monoisotopic (exact) mass is 343 g/mol. The van der Waals surface area contributed by atoms with Gasteiger partial charge in [0.05, 0.1) is 0 Å². The second-order valence-electron chi connectivity index (χ2n) is 5.62. The molecule has 2 N–H and O–H groups in total. The van der Waals surface area contributed by atoms with Crippen molar-refractivity contribution < 1.29 is 9.59 Å². The Morgan fingerprint density at radius 3 is 2.58 bits per heavy atom. The number of urea groups is 1. The van der Waals surface area contributed by atoms with Crippen LogP contribution in [0.5, 0.6) is 0 Å². The highest BCUT2D eigenvalue weighted by atomic mass is 35.5. The zero-order valence-electron chi connectivity index (χ0n) is 13.3. The van der Waals surface area contributed by atoms with Gasteiger partial charge in [-0.1, -0.05) is 41.9 Å². The van der Waals surface area contributed by atoms with E-state index in [2.05, 4.69) is 10.6 Å². The Hall–Kier alpha value is -2.53. The lowest BCUT2D eigenvalue weighted by Crippen LogP contribution is -2.50. The van der Waals surface area contributed by atoms with E-state index in [4.69, 9.17) is 11.6 Å². The molecule has 6 heteroatoms. The van der Waals surface area contributed by atoms with Crippen LogP contribution >= 0.6 is 11.6 Å². The number of rotatable bonds is 3. The van der Waals surface area contributed by atoms with Crippen molar-refractivity contribution in [3.63, 3.8) is 0 Å². The first kappa shape index (κ1) is 16.3. The van der Waals surface area contributed by atoms with Crippen molar-refractivity contribution in [2.24, 2.45) is 0 Å². The van der Waals surface area contributed by atoms with Gasteiger partial charge in [-0.3, -0.25) is 9.69 Å². The molecular formula is C18H18ClN3O2. The van der Waals surface area contributed by atoms with Crippen molar-refractivity contribution in [1.82, 2.24) is 10.6 Å². The molecule has 5 nitrogen and oxygen atoms in total. The number of carbonyl (C=O) groups is 2. The lowest BCUT2D eigenvalue weighted by Gasteiger charge is -2.24. The number of fused-ring (bicyclic) bond motifs is 1. The molecule has 1 heterocycles. The van der Waals surface area contributed by atoms with Crippen LogP contribution in [0.3, 0.4) is 0 Å². The predicted molar refractivity (Wildman–Crippen MR) is 94.2 cm³/mol. The Morgan fingerprint density at radius 1 is 1.17 bits per heavy atom. The molecule has 1 atom stereocenters. The van der Waals surface area contributed by atoms with Crippen LogP contribution in [-0.2, 0) is 17.8 Å². The normalized spacial score (nSPS) is 15.8. The molecule has 1 aliphatic rings. The standard InChI is InChI=1S/C18H18ClN3O2/c1-20-17(23)16-10-13-4-2-3-5-15(13)22(16)18(24)21-11-12-6-8-14(19)9-7-12/h2-9,16H,10-11H2,1H3,(H,20,23)(H,21,24). The van der Waals surface area contributed by atoms with Gasteiger partial charge in [-0.2, -0.15) is 0 Å². The number of hydrogen-bond acceptors (Lipinski definition) is 2. The summed E-state index contributed by atoms with van der Waals surface area (Å²) in [6, 6.07) is 14.0. The second-order valence-corrected chi connectivity index (χ2v) is 6.05. The Balaban J connectivity index is 1.77. The second kappa shape index (κ2) is 6.93. The number of nitrogens with zero attached hydrogens (tertiary/aromatic N) is 1. The molecule has 0 saturated carbocycles. The van der Waals surface area contributed by atoms with E-state index in [1.807, 2.05) is 36.4 Å². The average molecular weight is 344 g/mol. The molecule has 124 valence electrons. The van der Waals surface area contributed by atoms with Crippen LogP contribution in [0.25, 0.3) is 0 Å². The van der Waals surface area contributed by atoms with Crippen LogP contribution in [-0.4, -0.2) is 25.0 Å². The van der Waals surface area contributed by atoms with Gasteiger partial charge in [0.1, 0.15) is 6.04 Å². The van der Waals surface area contributed by atoms with E-state index in [0.717, 1.165) is 16.8 Å². The van der Waals surface area contributed by atoms with Gasteiger partial charge >= 0.3 is 6.03 Å². The van der Waals surface area contributed by atoms with Gasteiger partial charge in [0.15, 0.2) is 0 Å². The molecule has 0 spiro atoms. The summed E-state index contributed by atoms with van der Waals surface area (Å²) in [4.78, 5) is 26.4. The zero-order chi connectivity index (χ0) is 17.1. The van der Waals surface area contributed by atoms with Gasteiger partial charge in [-0.15, -0.1) is 0 Å². The van der Waals surface area contributed by atoms with Gasteiger partial charge in [0, 0.05) is 30.7 Å². The van der Waals surface area contributed by atoms with Crippen LogP contribution in [0.2, 0.25) is 5.02 Å². The molecule has 1 aliphatic heterocycles. The molecule has 24 heavy (non-hydrogen) atoms. The Morgan fingerprint density at radius 2 is 1.88 bits per heavy atom. The topological polar surface area (TPSA) is 61.4 Å². The minimum atomic E-state index is -0.530. The Kier molecular flexibility index (Phi) is 4.71. The van der Waals surface area contributed by atoms with E-state index in [-0.39, 0.29) is 11.9 Å². The number of carbonyl (C=O) groups excluding carboxylic acids is 2. The molecule has 3 rings (SSSR count). The van der Waals surface area contributed by atoms with Gasteiger partial charge in [0.25, 0.3) is 0 Å². The third-order valence-electron chi connectivity index (χ3n) is 4.10. The summed E-state index contributed by atoms with van der Waals surface area (Å²) in [6.45, 7) is 0.370. The van der Waals surface area contributed by atoms with Crippen molar-refractivity contribution in [3.05, 3.63) is 64.7 Å². The summed E-state index contributed by atoms with van der Waals surface area (Å²) in [6.07, 6.45) is 0.518. The molecule has 0 fully saturated rings. The minimum Gasteiger partial charge on any atom is -0.357 e. The van der Waals surface area contributed by atoms with E-state index in [9.17, 15) is 9.59 Å². The SMILES string of the molecule is CNC(=O)C1Cc2ccccc2N1C(=O)NCc1ccc(Cl)cc1. The lowest BCUT2D eigenvalue weighted by atomic mass is 10.1. The molecule has 0 saturated heterocycles. The molecule has 2 aromatic rings. The fourth-order valence-corrected chi connectivity index (χ4v) is 3.00. The smallest absolute Gasteiger partial charge is 0.322 e. The predicted octanol–water partition coefficient (Wildman–Crippen LogP) is 2.73. The third kappa shape index (κ3) is 3.21. The average Bonchev–Trinajstić information content (AvgIpc) is 3.00. The summed E-state index contributed by atoms with van der Waals surface area (Å²) in [5.74, 6) is -0.173. The number of para-hydroxylation sites is 1. The summed E-state index contributed by atoms with van der Waals surface area (Å²) >= 11 is 5.86. The first-order valence-corrected chi connectivity index (χ1v) is 8.09. The van der Waals surface area contributed by atoms with E-state index < -0.39 is 6.04 Å². The minimum absolute atomic E-state index is 0.173. The summed E-state index contributed by atoms with van der Waals surface area (Å²) in [5, 5.41) is 6.16. The third-order valence-corrected chi connectivity index (χ3v) is 4.35. The molecule has 1 unspecified atom stereocenters. The molecule has 2 aromatic carbocycles. The maximum Gasteiger partial charge on any atom is 0.322 e. The van der Waals surface area contributed by atoms with Crippen molar-refractivity contribution in [2.75, 3.05) is 11.9 Å². The Bertz CT molecular complexity index is 761. The number of halogens is 1. The Labute approximate surface area is 145 Å². The van der Waals surface area contributed by atoms with Gasteiger partial charge < -0.3 is 10.6 Å². The van der Waals surface area contributed by atoms with Crippen molar-refractivity contribution >= 4 is 29.2 Å². The van der Waals surface area contributed by atoms with Crippen LogP contribution in [0, 0.1) is 0 Å². The summed E-state index contributed by atoms with van der Waals surface area (Å²) in [7, 11) is 1.58. The highest BCUT2D eigenvalue weighted by Gasteiger charge is 2.37. The van der Waals surface area contributed by atoms with Gasteiger partial charge in [-0.25, -0.2) is 4.79 Å². The van der Waals surface area contributed by atoms with Crippen molar-refractivity contribution in [3.8, 4) is 0 Å². The van der Waals surface area contributed by atoms with Crippen LogP contribution in [0.15, 0.2) is 48.5 Å². The first-order chi connectivity index (χ1) is 11.6. The lowest BCUT2D eigenvalue weighted by molar-refractivity contribution is -0.121. The molecule has 0 aromatic heterocycles. The first-order valence-electron chi connectivity index (χ1n) is 7.71. The molecule has 3 amide bonds. The van der Waals surface area contributed by atoms with Crippen LogP contribution in [0.1, 0.15) is 11.1 Å². The van der Waals surface area contributed by atoms with E-state index in [0.29, 0.717) is 18.0 Å². The van der Waals surface area contributed by atoms with E-state index >= 15 is 0 Å². The molecule has 0 aliphatic carbocycles. The largest absolute Gasteiger partial charge is 0.357 e. The number of hydrogen-bond donors (Lipinski definition) is 2. The summed E-state index contributed by atoms with van der Waals surface area (Å²) < 4.78 is 0. The number of anilines is 1. The van der Waals surface area contributed by atoms with E-state index in [1.165, 1.54) is 4.90 Å². The summed E-state index contributed by atoms with van der Waals surface area (Å²) in [5.41, 5.74) is 2.71.